The molecule has 1 heterocycles. The first-order valence-electron chi connectivity index (χ1n) is 4.02. The van der Waals surface area contributed by atoms with Gasteiger partial charge in [0.1, 0.15) is 11.9 Å². The zero-order chi connectivity index (χ0) is 8.97. The van der Waals surface area contributed by atoms with Crippen LogP contribution in [0.25, 0.3) is 0 Å². The topological polar surface area (TPSA) is 42.6 Å². The Morgan fingerprint density at radius 3 is 3.00 bits per heavy atom. The molecule has 68 valence electrons. The maximum absolute atomic E-state index is 9.54. The molecule has 3 nitrogen and oxygen atoms in total. The van der Waals surface area contributed by atoms with Crippen molar-refractivity contribution in [2.45, 2.75) is 19.4 Å². The van der Waals surface area contributed by atoms with Crippen LogP contribution in [0.4, 0.5) is 0 Å². The largest absolute Gasteiger partial charge is 0.469 e. The highest BCUT2D eigenvalue weighted by atomic mass is 16.5. The second kappa shape index (κ2) is 4.28. The van der Waals surface area contributed by atoms with Gasteiger partial charge in [0, 0.05) is 19.1 Å². The van der Waals surface area contributed by atoms with E-state index in [0.717, 1.165) is 17.7 Å². The minimum atomic E-state index is -0.566. The molecule has 3 heteroatoms. The molecule has 0 aromatic carbocycles. The van der Waals surface area contributed by atoms with E-state index in [2.05, 4.69) is 0 Å². The molecular formula is C9H14O3. The molecular weight excluding hydrogens is 156 g/mol. The summed E-state index contributed by atoms with van der Waals surface area (Å²) in [6, 6.07) is 1.78. The second-order valence-electron chi connectivity index (χ2n) is 2.62. The predicted octanol–water partition coefficient (Wildman–Crippen LogP) is 1.52. The zero-order valence-corrected chi connectivity index (χ0v) is 7.41. The molecule has 1 atom stereocenters. The number of rotatable bonds is 4. The number of furan rings is 1. The molecule has 0 saturated carbocycles. The van der Waals surface area contributed by atoms with Gasteiger partial charge in [-0.1, -0.05) is 6.92 Å². The number of aryl methyl sites for hydroxylation is 1. The van der Waals surface area contributed by atoms with Crippen LogP contribution < -0.4 is 0 Å². The van der Waals surface area contributed by atoms with Crippen LogP contribution in [0, 0.1) is 0 Å². The van der Waals surface area contributed by atoms with Gasteiger partial charge >= 0.3 is 0 Å². The monoisotopic (exact) mass is 170 g/mol. The van der Waals surface area contributed by atoms with Crippen molar-refractivity contribution in [3.63, 3.8) is 0 Å². The fourth-order valence-corrected chi connectivity index (χ4v) is 1.18. The fraction of sp³-hybridized carbons (Fsp3) is 0.556. The molecule has 0 saturated heterocycles. The summed E-state index contributed by atoms with van der Waals surface area (Å²) in [6.45, 7) is 2.30. The lowest BCUT2D eigenvalue weighted by atomic mass is 10.1. The van der Waals surface area contributed by atoms with Gasteiger partial charge in [0.15, 0.2) is 0 Å². The van der Waals surface area contributed by atoms with Crippen LogP contribution in [0.5, 0.6) is 0 Å². The first kappa shape index (κ1) is 9.29. The number of ether oxygens (including phenoxy) is 1. The summed E-state index contributed by atoms with van der Waals surface area (Å²) in [5.41, 5.74) is 0.833. The Morgan fingerprint density at radius 1 is 1.67 bits per heavy atom. The third-order valence-electron chi connectivity index (χ3n) is 1.78. The summed E-state index contributed by atoms with van der Waals surface area (Å²) in [6.07, 6.45) is 1.82. The van der Waals surface area contributed by atoms with Gasteiger partial charge in [-0.3, -0.25) is 0 Å². The standard InChI is InChI=1S/C9H14O3/c1-3-9-7(4-5-12-9)8(10)6-11-2/h4-5,8,10H,3,6H2,1-2H3. The van der Waals surface area contributed by atoms with E-state index in [1.807, 2.05) is 6.92 Å². The lowest BCUT2D eigenvalue weighted by molar-refractivity contribution is 0.0633. The molecule has 0 amide bonds. The molecule has 1 unspecified atom stereocenters. The van der Waals surface area contributed by atoms with Gasteiger partial charge in [0.2, 0.25) is 0 Å². The van der Waals surface area contributed by atoms with Crippen molar-refractivity contribution in [1.82, 2.24) is 0 Å². The van der Waals surface area contributed by atoms with E-state index in [1.54, 1.807) is 19.4 Å². The van der Waals surface area contributed by atoms with Crippen LogP contribution in [0.15, 0.2) is 16.7 Å². The molecule has 0 fully saturated rings. The van der Waals surface area contributed by atoms with Crippen LogP contribution >= 0.6 is 0 Å². The molecule has 0 aliphatic rings. The van der Waals surface area contributed by atoms with Crippen LogP contribution in [0.2, 0.25) is 0 Å². The van der Waals surface area contributed by atoms with Crippen molar-refractivity contribution < 1.29 is 14.3 Å². The molecule has 12 heavy (non-hydrogen) atoms. The number of hydrogen-bond donors (Lipinski definition) is 1. The Morgan fingerprint density at radius 2 is 2.42 bits per heavy atom. The Balaban J connectivity index is 2.71. The molecule has 1 aromatic heterocycles. The summed E-state index contributed by atoms with van der Waals surface area (Å²) in [5.74, 6) is 0.833. The van der Waals surface area contributed by atoms with E-state index in [1.165, 1.54) is 0 Å². The maximum atomic E-state index is 9.54. The van der Waals surface area contributed by atoms with E-state index in [-0.39, 0.29) is 0 Å². The highest BCUT2D eigenvalue weighted by molar-refractivity contribution is 5.19. The van der Waals surface area contributed by atoms with Crippen LogP contribution in [0.1, 0.15) is 24.4 Å². The maximum Gasteiger partial charge on any atom is 0.109 e. The summed E-state index contributed by atoms with van der Waals surface area (Å²) in [7, 11) is 1.56. The average molecular weight is 170 g/mol. The predicted molar refractivity (Wildman–Crippen MR) is 44.9 cm³/mol. The normalized spacial score (nSPS) is 13.2. The van der Waals surface area contributed by atoms with Gasteiger partial charge in [-0.05, 0) is 6.07 Å². The molecule has 1 aromatic rings. The van der Waals surface area contributed by atoms with Crippen molar-refractivity contribution in [2.24, 2.45) is 0 Å². The van der Waals surface area contributed by atoms with Crippen molar-refractivity contribution in [3.8, 4) is 0 Å². The van der Waals surface area contributed by atoms with E-state index >= 15 is 0 Å². The zero-order valence-electron chi connectivity index (χ0n) is 7.41. The average Bonchev–Trinajstić information content (AvgIpc) is 2.51. The molecule has 0 spiro atoms. The van der Waals surface area contributed by atoms with Crippen LogP contribution in [-0.4, -0.2) is 18.8 Å². The number of hydrogen-bond acceptors (Lipinski definition) is 3. The quantitative estimate of drug-likeness (QED) is 0.745. The Hall–Kier alpha value is -0.800. The van der Waals surface area contributed by atoms with Crippen molar-refractivity contribution >= 4 is 0 Å². The Kier molecular flexibility index (Phi) is 3.31. The van der Waals surface area contributed by atoms with Crippen molar-refractivity contribution in [3.05, 3.63) is 23.7 Å². The lowest BCUT2D eigenvalue weighted by Gasteiger charge is -2.07. The fourth-order valence-electron chi connectivity index (χ4n) is 1.18. The summed E-state index contributed by atoms with van der Waals surface area (Å²) >= 11 is 0. The van der Waals surface area contributed by atoms with Crippen LogP contribution in [-0.2, 0) is 11.2 Å². The van der Waals surface area contributed by atoms with Gasteiger partial charge < -0.3 is 14.3 Å². The van der Waals surface area contributed by atoms with Gasteiger partial charge in [0.05, 0.1) is 12.9 Å². The second-order valence-corrected chi connectivity index (χ2v) is 2.62. The van der Waals surface area contributed by atoms with Gasteiger partial charge in [-0.15, -0.1) is 0 Å². The first-order valence-corrected chi connectivity index (χ1v) is 4.02. The highest BCUT2D eigenvalue weighted by Crippen LogP contribution is 2.19. The van der Waals surface area contributed by atoms with E-state index in [0.29, 0.717) is 6.61 Å². The summed E-state index contributed by atoms with van der Waals surface area (Å²) in [5, 5.41) is 9.54. The molecule has 0 aliphatic carbocycles. The Bertz CT molecular complexity index is 229. The molecule has 0 aliphatic heterocycles. The third kappa shape index (κ3) is 1.87. The van der Waals surface area contributed by atoms with Gasteiger partial charge in [-0.25, -0.2) is 0 Å². The minimum Gasteiger partial charge on any atom is -0.469 e. The van der Waals surface area contributed by atoms with Gasteiger partial charge in [0.25, 0.3) is 0 Å². The Labute approximate surface area is 72.0 Å². The first-order chi connectivity index (χ1) is 5.79. The number of methoxy groups -OCH3 is 1. The van der Waals surface area contributed by atoms with Crippen molar-refractivity contribution in [1.29, 1.82) is 0 Å². The summed E-state index contributed by atoms with van der Waals surface area (Å²) < 4.78 is 10.0. The molecule has 1 rings (SSSR count). The van der Waals surface area contributed by atoms with E-state index < -0.39 is 6.10 Å². The number of aliphatic hydroxyl groups excluding tert-OH is 1. The highest BCUT2D eigenvalue weighted by Gasteiger charge is 2.13. The lowest BCUT2D eigenvalue weighted by Crippen LogP contribution is -2.05. The summed E-state index contributed by atoms with van der Waals surface area (Å²) in [4.78, 5) is 0. The molecule has 0 bridgehead atoms. The molecule has 1 N–H and O–H groups in total. The molecule has 0 radical (unpaired) electrons. The number of aliphatic hydroxyl groups is 1. The smallest absolute Gasteiger partial charge is 0.109 e. The van der Waals surface area contributed by atoms with E-state index in [9.17, 15) is 5.11 Å². The third-order valence-corrected chi connectivity index (χ3v) is 1.78. The van der Waals surface area contributed by atoms with Gasteiger partial charge in [-0.2, -0.15) is 0 Å². The van der Waals surface area contributed by atoms with E-state index in [4.69, 9.17) is 9.15 Å². The van der Waals surface area contributed by atoms with Crippen molar-refractivity contribution in [2.75, 3.05) is 13.7 Å². The SMILES string of the molecule is CCc1occc1C(O)COC. The minimum absolute atomic E-state index is 0.312. The van der Waals surface area contributed by atoms with Crippen LogP contribution in [0.3, 0.4) is 0 Å².